The highest BCUT2D eigenvalue weighted by molar-refractivity contribution is 5.18. The van der Waals surface area contributed by atoms with Crippen molar-refractivity contribution in [3.63, 3.8) is 0 Å². The summed E-state index contributed by atoms with van der Waals surface area (Å²) in [5, 5.41) is 10.2. The summed E-state index contributed by atoms with van der Waals surface area (Å²) in [6, 6.07) is 0. The highest BCUT2D eigenvalue weighted by Crippen LogP contribution is 2.58. The fourth-order valence-corrected chi connectivity index (χ4v) is 3.50. The summed E-state index contributed by atoms with van der Waals surface area (Å²) in [4.78, 5) is 0. The smallest absolute Gasteiger partial charge is 0.0687 e. The molecule has 2 fully saturated rings. The molecule has 0 radical (unpaired) electrons. The zero-order chi connectivity index (χ0) is 7.47. The minimum absolute atomic E-state index is 0.251. The van der Waals surface area contributed by atoms with Crippen LogP contribution in [0.5, 0.6) is 0 Å². The number of rotatable bonds is 0. The van der Waals surface area contributed by atoms with Gasteiger partial charge in [-0.15, -0.1) is 0 Å². The minimum atomic E-state index is -0.251. The second-order valence-corrected chi connectivity index (χ2v) is 4.45. The summed E-state index contributed by atoms with van der Waals surface area (Å²) in [6.07, 6.45) is 9.16. The summed E-state index contributed by atoms with van der Waals surface area (Å²) in [5.74, 6) is 2.17. The van der Waals surface area contributed by atoms with Gasteiger partial charge < -0.3 is 5.11 Å². The molecule has 1 heteroatoms. The molecular weight excluding hydrogens is 136 g/mol. The van der Waals surface area contributed by atoms with Crippen LogP contribution in [0, 0.1) is 17.8 Å². The number of fused-ring (bicyclic) bond motifs is 5. The van der Waals surface area contributed by atoms with Crippen LogP contribution < -0.4 is 0 Å². The van der Waals surface area contributed by atoms with Crippen LogP contribution >= 0.6 is 0 Å². The van der Waals surface area contributed by atoms with E-state index in [1.165, 1.54) is 6.42 Å². The Labute approximate surface area is 67.1 Å². The molecule has 0 aromatic carbocycles. The summed E-state index contributed by atoms with van der Waals surface area (Å²) < 4.78 is 0. The predicted octanol–water partition coefficient (Wildman–Crippen LogP) is 1.72. The maximum atomic E-state index is 10.2. The van der Waals surface area contributed by atoms with E-state index in [4.69, 9.17) is 0 Å². The van der Waals surface area contributed by atoms with Gasteiger partial charge in [0.25, 0.3) is 0 Å². The summed E-state index contributed by atoms with van der Waals surface area (Å²) in [5.41, 5.74) is -0.251. The summed E-state index contributed by atoms with van der Waals surface area (Å²) in [6.45, 7) is 0. The minimum Gasteiger partial charge on any atom is -0.390 e. The van der Waals surface area contributed by atoms with E-state index >= 15 is 0 Å². The lowest BCUT2D eigenvalue weighted by Crippen LogP contribution is -2.33. The zero-order valence-electron chi connectivity index (χ0n) is 6.66. The topological polar surface area (TPSA) is 20.2 Å². The van der Waals surface area contributed by atoms with Crippen molar-refractivity contribution < 1.29 is 5.11 Å². The molecule has 3 aliphatic carbocycles. The summed E-state index contributed by atoms with van der Waals surface area (Å²) >= 11 is 0. The highest BCUT2D eigenvalue weighted by atomic mass is 16.3. The Morgan fingerprint density at radius 3 is 3.18 bits per heavy atom. The van der Waals surface area contributed by atoms with Crippen molar-refractivity contribution >= 4 is 0 Å². The van der Waals surface area contributed by atoms with Crippen molar-refractivity contribution in [1.82, 2.24) is 0 Å². The predicted molar refractivity (Wildman–Crippen MR) is 43.0 cm³/mol. The maximum Gasteiger partial charge on any atom is 0.0687 e. The van der Waals surface area contributed by atoms with E-state index in [1.54, 1.807) is 0 Å². The van der Waals surface area contributed by atoms with Gasteiger partial charge in [-0.05, 0) is 43.4 Å². The van der Waals surface area contributed by atoms with Crippen LogP contribution in [0.1, 0.15) is 25.7 Å². The third-order valence-corrected chi connectivity index (χ3v) is 4.01. The molecule has 3 rings (SSSR count). The van der Waals surface area contributed by atoms with E-state index in [0.29, 0.717) is 5.92 Å². The van der Waals surface area contributed by atoms with Gasteiger partial charge in [-0.3, -0.25) is 0 Å². The number of hydrogen-bond donors (Lipinski definition) is 1. The van der Waals surface area contributed by atoms with Crippen molar-refractivity contribution in [3.8, 4) is 0 Å². The zero-order valence-corrected chi connectivity index (χ0v) is 6.66. The second kappa shape index (κ2) is 1.71. The monoisotopic (exact) mass is 150 g/mol. The first-order valence-electron chi connectivity index (χ1n) is 4.69. The molecule has 3 aliphatic rings. The highest BCUT2D eigenvalue weighted by Gasteiger charge is 2.56. The Balaban J connectivity index is 2.02. The Morgan fingerprint density at radius 2 is 2.36 bits per heavy atom. The van der Waals surface area contributed by atoms with Gasteiger partial charge >= 0.3 is 0 Å². The van der Waals surface area contributed by atoms with Gasteiger partial charge in [0.15, 0.2) is 0 Å². The lowest BCUT2D eigenvalue weighted by molar-refractivity contribution is -0.00344. The SMILES string of the molecule is OC12CCC(C1)C1C=CCC12. The molecule has 0 aromatic rings. The molecule has 0 heterocycles. The average Bonchev–Trinajstić information content (AvgIpc) is 2.53. The fraction of sp³-hybridized carbons (Fsp3) is 0.800. The Bertz CT molecular complexity index is 221. The molecule has 0 amide bonds. The number of hydrogen-bond acceptors (Lipinski definition) is 1. The molecule has 0 saturated heterocycles. The van der Waals surface area contributed by atoms with E-state index in [2.05, 4.69) is 12.2 Å². The molecule has 0 spiro atoms. The quantitative estimate of drug-likeness (QED) is 0.521. The molecular formula is C10H14O. The van der Waals surface area contributed by atoms with Gasteiger partial charge in [-0.1, -0.05) is 12.2 Å². The number of aliphatic hydroxyl groups is 1. The molecule has 4 atom stereocenters. The molecule has 0 aliphatic heterocycles. The van der Waals surface area contributed by atoms with Crippen LogP contribution in [0.25, 0.3) is 0 Å². The van der Waals surface area contributed by atoms with Crippen molar-refractivity contribution in [2.24, 2.45) is 17.8 Å². The van der Waals surface area contributed by atoms with Gasteiger partial charge in [0.1, 0.15) is 0 Å². The molecule has 2 saturated carbocycles. The van der Waals surface area contributed by atoms with Crippen LogP contribution in [-0.4, -0.2) is 10.7 Å². The van der Waals surface area contributed by atoms with Gasteiger partial charge in [0.2, 0.25) is 0 Å². The lowest BCUT2D eigenvalue weighted by atomic mass is 9.79. The van der Waals surface area contributed by atoms with Crippen molar-refractivity contribution in [2.75, 3.05) is 0 Å². The molecule has 11 heavy (non-hydrogen) atoms. The lowest BCUT2D eigenvalue weighted by Gasteiger charge is -2.30. The van der Waals surface area contributed by atoms with Crippen LogP contribution in [0.15, 0.2) is 12.2 Å². The van der Waals surface area contributed by atoms with E-state index in [-0.39, 0.29) is 5.60 Å². The third kappa shape index (κ3) is 0.610. The number of allylic oxidation sites excluding steroid dienone is 2. The summed E-state index contributed by atoms with van der Waals surface area (Å²) in [7, 11) is 0. The van der Waals surface area contributed by atoms with Crippen LogP contribution in [0.4, 0.5) is 0 Å². The van der Waals surface area contributed by atoms with Crippen LogP contribution in [-0.2, 0) is 0 Å². The molecule has 1 nitrogen and oxygen atoms in total. The Hall–Kier alpha value is -0.300. The van der Waals surface area contributed by atoms with Gasteiger partial charge in [-0.25, -0.2) is 0 Å². The normalized spacial score (nSPS) is 58.8. The van der Waals surface area contributed by atoms with Gasteiger partial charge in [-0.2, -0.15) is 0 Å². The van der Waals surface area contributed by atoms with Crippen molar-refractivity contribution in [2.45, 2.75) is 31.3 Å². The maximum absolute atomic E-state index is 10.2. The molecule has 4 unspecified atom stereocenters. The molecule has 0 aromatic heterocycles. The first kappa shape index (κ1) is 6.24. The van der Waals surface area contributed by atoms with Gasteiger partial charge in [0, 0.05) is 0 Å². The Kier molecular flexibility index (Phi) is 0.972. The van der Waals surface area contributed by atoms with E-state index in [9.17, 15) is 5.11 Å². The van der Waals surface area contributed by atoms with E-state index in [1.807, 2.05) is 0 Å². The molecule has 2 bridgehead atoms. The largest absolute Gasteiger partial charge is 0.390 e. The van der Waals surface area contributed by atoms with E-state index < -0.39 is 0 Å². The molecule has 60 valence electrons. The first-order chi connectivity index (χ1) is 5.30. The van der Waals surface area contributed by atoms with Crippen LogP contribution in [0.3, 0.4) is 0 Å². The van der Waals surface area contributed by atoms with Crippen molar-refractivity contribution in [3.05, 3.63) is 12.2 Å². The molecule has 1 N–H and O–H groups in total. The standard InChI is InChI=1S/C10H14O/c11-10-5-4-7(6-10)8-2-1-3-9(8)10/h1-2,7-9,11H,3-6H2. The van der Waals surface area contributed by atoms with E-state index in [0.717, 1.165) is 31.1 Å². The Morgan fingerprint density at radius 1 is 1.45 bits per heavy atom. The van der Waals surface area contributed by atoms with Crippen molar-refractivity contribution in [1.29, 1.82) is 0 Å². The van der Waals surface area contributed by atoms with Gasteiger partial charge in [0.05, 0.1) is 5.60 Å². The average molecular weight is 150 g/mol. The second-order valence-electron chi connectivity index (χ2n) is 4.45. The first-order valence-corrected chi connectivity index (χ1v) is 4.69. The fourth-order valence-electron chi connectivity index (χ4n) is 3.50. The van der Waals surface area contributed by atoms with Crippen LogP contribution in [0.2, 0.25) is 0 Å². The third-order valence-electron chi connectivity index (χ3n) is 4.01.